The first-order valence-electron chi connectivity index (χ1n) is 8.78. The van der Waals surface area contributed by atoms with Gasteiger partial charge in [-0.2, -0.15) is 13.2 Å². The summed E-state index contributed by atoms with van der Waals surface area (Å²) in [5.74, 6) is 0.866. The number of hydrogen-bond donors (Lipinski definition) is 2. The fraction of sp³-hybridized carbons (Fsp3) is 0.421. The summed E-state index contributed by atoms with van der Waals surface area (Å²) in [4.78, 5) is 20.6. The summed E-state index contributed by atoms with van der Waals surface area (Å²) >= 11 is 0. The first-order chi connectivity index (χ1) is 12.7. The Bertz CT molecular complexity index is 774. The standard InChI is InChI=1S/C19H23F3N4O/c1-4-9-23-17(27)11-24-16-10-15(25-18(26-16)12(2)3)13-5-7-14(8-6-13)19(20,21)22/h5-8,10,12H,4,9,11H2,1-3H3,(H,23,27)(H,24,25,26). The number of carbonyl (C=O) groups is 1. The first kappa shape index (κ1) is 20.7. The van der Waals surface area contributed by atoms with Crippen molar-refractivity contribution in [3.8, 4) is 11.3 Å². The Kier molecular flexibility index (Phi) is 6.76. The summed E-state index contributed by atoms with van der Waals surface area (Å²) in [6.45, 7) is 6.45. The zero-order valence-corrected chi connectivity index (χ0v) is 15.5. The highest BCUT2D eigenvalue weighted by Gasteiger charge is 2.30. The molecule has 27 heavy (non-hydrogen) atoms. The number of nitrogens with one attached hydrogen (secondary N) is 2. The molecule has 0 aliphatic rings. The highest BCUT2D eigenvalue weighted by atomic mass is 19.4. The van der Waals surface area contributed by atoms with Crippen LogP contribution in [-0.4, -0.2) is 29.0 Å². The smallest absolute Gasteiger partial charge is 0.361 e. The van der Waals surface area contributed by atoms with Crippen molar-refractivity contribution in [1.29, 1.82) is 0 Å². The summed E-state index contributed by atoms with van der Waals surface area (Å²) in [5, 5.41) is 5.71. The van der Waals surface area contributed by atoms with Gasteiger partial charge in [-0.1, -0.05) is 32.9 Å². The molecule has 8 heteroatoms. The average Bonchev–Trinajstić information content (AvgIpc) is 2.63. The van der Waals surface area contributed by atoms with Crippen molar-refractivity contribution in [3.63, 3.8) is 0 Å². The molecular formula is C19H23F3N4O. The quantitative estimate of drug-likeness (QED) is 0.755. The van der Waals surface area contributed by atoms with Crippen LogP contribution in [0, 0.1) is 0 Å². The molecule has 0 unspecified atom stereocenters. The van der Waals surface area contributed by atoms with Gasteiger partial charge in [-0.25, -0.2) is 9.97 Å². The van der Waals surface area contributed by atoms with Crippen molar-refractivity contribution in [2.24, 2.45) is 0 Å². The molecule has 0 aliphatic heterocycles. The molecule has 1 aromatic heterocycles. The second-order valence-corrected chi connectivity index (χ2v) is 6.43. The van der Waals surface area contributed by atoms with Gasteiger partial charge in [-0.3, -0.25) is 4.79 Å². The second kappa shape index (κ2) is 8.83. The van der Waals surface area contributed by atoms with Crippen LogP contribution in [0.1, 0.15) is 44.5 Å². The van der Waals surface area contributed by atoms with E-state index in [1.807, 2.05) is 20.8 Å². The Morgan fingerprint density at radius 1 is 1.15 bits per heavy atom. The summed E-state index contributed by atoms with van der Waals surface area (Å²) in [7, 11) is 0. The number of alkyl halides is 3. The van der Waals surface area contributed by atoms with Crippen LogP contribution in [0.4, 0.5) is 19.0 Å². The Hall–Kier alpha value is -2.64. The van der Waals surface area contributed by atoms with Crippen LogP contribution in [-0.2, 0) is 11.0 Å². The largest absolute Gasteiger partial charge is 0.416 e. The first-order valence-corrected chi connectivity index (χ1v) is 8.78. The third kappa shape index (κ3) is 5.94. The molecular weight excluding hydrogens is 357 g/mol. The van der Waals surface area contributed by atoms with Crippen molar-refractivity contribution >= 4 is 11.7 Å². The number of benzene rings is 1. The van der Waals surface area contributed by atoms with E-state index in [9.17, 15) is 18.0 Å². The minimum Gasteiger partial charge on any atom is -0.361 e. The third-order valence-corrected chi connectivity index (χ3v) is 3.77. The van der Waals surface area contributed by atoms with Crippen molar-refractivity contribution < 1.29 is 18.0 Å². The molecule has 1 aromatic carbocycles. The molecule has 0 aliphatic carbocycles. The van der Waals surface area contributed by atoms with Gasteiger partial charge in [0.25, 0.3) is 0 Å². The van der Waals surface area contributed by atoms with E-state index in [2.05, 4.69) is 20.6 Å². The molecule has 0 radical (unpaired) electrons. The predicted molar refractivity (Wildman–Crippen MR) is 98.3 cm³/mol. The van der Waals surface area contributed by atoms with Gasteiger partial charge < -0.3 is 10.6 Å². The number of amides is 1. The van der Waals surface area contributed by atoms with Crippen molar-refractivity contribution in [2.45, 2.75) is 39.3 Å². The van der Waals surface area contributed by atoms with Crippen molar-refractivity contribution in [3.05, 3.63) is 41.7 Å². The van der Waals surface area contributed by atoms with Crippen molar-refractivity contribution in [2.75, 3.05) is 18.4 Å². The van der Waals surface area contributed by atoms with Crippen LogP contribution < -0.4 is 10.6 Å². The highest BCUT2D eigenvalue weighted by Crippen LogP contribution is 2.31. The van der Waals surface area contributed by atoms with Gasteiger partial charge in [-0.05, 0) is 18.6 Å². The van der Waals surface area contributed by atoms with Gasteiger partial charge in [0, 0.05) is 24.1 Å². The van der Waals surface area contributed by atoms with Gasteiger partial charge in [0.1, 0.15) is 11.6 Å². The van der Waals surface area contributed by atoms with E-state index in [4.69, 9.17) is 0 Å². The minimum atomic E-state index is -4.38. The molecule has 1 heterocycles. The minimum absolute atomic E-state index is 0.0221. The molecule has 2 aromatic rings. The molecule has 2 rings (SSSR count). The maximum atomic E-state index is 12.7. The number of hydrogen-bond acceptors (Lipinski definition) is 4. The lowest BCUT2D eigenvalue weighted by Gasteiger charge is -2.13. The molecule has 0 fully saturated rings. The molecule has 0 spiro atoms. The van der Waals surface area contributed by atoms with E-state index in [-0.39, 0.29) is 18.4 Å². The number of halogens is 3. The lowest BCUT2D eigenvalue weighted by Crippen LogP contribution is -2.30. The maximum Gasteiger partial charge on any atom is 0.416 e. The summed E-state index contributed by atoms with van der Waals surface area (Å²) in [6.07, 6.45) is -3.54. The van der Waals surface area contributed by atoms with Crippen molar-refractivity contribution in [1.82, 2.24) is 15.3 Å². The number of rotatable bonds is 7. The van der Waals surface area contributed by atoms with Crippen LogP contribution in [0.5, 0.6) is 0 Å². The van der Waals surface area contributed by atoms with Crippen LogP contribution in [0.15, 0.2) is 30.3 Å². The summed E-state index contributed by atoms with van der Waals surface area (Å²) in [5.41, 5.74) is 0.333. The molecule has 1 amide bonds. The average molecular weight is 380 g/mol. The fourth-order valence-electron chi connectivity index (χ4n) is 2.29. The van der Waals surface area contributed by atoms with Gasteiger partial charge >= 0.3 is 6.18 Å². The van der Waals surface area contributed by atoms with Crippen LogP contribution in [0.25, 0.3) is 11.3 Å². The SMILES string of the molecule is CCCNC(=O)CNc1cc(-c2ccc(C(F)(F)F)cc2)nc(C(C)C)n1. The lowest BCUT2D eigenvalue weighted by atomic mass is 10.1. The molecule has 5 nitrogen and oxygen atoms in total. The van der Waals surface area contributed by atoms with E-state index in [0.29, 0.717) is 29.4 Å². The Morgan fingerprint density at radius 2 is 1.81 bits per heavy atom. The normalized spacial score (nSPS) is 11.5. The number of nitrogens with zero attached hydrogens (tertiary/aromatic N) is 2. The van der Waals surface area contributed by atoms with Crippen LogP contribution in [0.3, 0.4) is 0 Å². The van der Waals surface area contributed by atoms with Gasteiger partial charge in [0.15, 0.2) is 0 Å². The van der Waals surface area contributed by atoms with Crippen LogP contribution >= 0.6 is 0 Å². The van der Waals surface area contributed by atoms with E-state index in [1.165, 1.54) is 12.1 Å². The second-order valence-electron chi connectivity index (χ2n) is 6.43. The third-order valence-electron chi connectivity index (χ3n) is 3.77. The van der Waals surface area contributed by atoms with E-state index in [1.54, 1.807) is 6.07 Å². The summed E-state index contributed by atoms with van der Waals surface area (Å²) in [6, 6.07) is 6.44. The van der Waals surface area contributed by atoms with E-state index >= 15 is 0 Å². The zero-order chi connectivity index (χ0) is 20.0. The predicted octanol–water partition coefficient (Wildman–Crippen LogP) is 4.22. The van der Waals surface area contributed by atoms with Gasteiger partial charge in [0.05, 0.1) is 17.8 Å². The fourth-order valence-corrected chi connectivity index (χ4v) is 2.29. The lowest BCUT2D eigenvalue weighted by molar-refractivity contribution is -0.137. The topological polar surface area (TPSA) is 66.9 Å². The number of anilines is 1. The number of aromatic nitrogens is 2. The molecule has 0 bridgehead atoms. The van der Waals surface area contributed by atoms with E-state index in [0.717, 1.165) is 18.6 Å². The van der Waals surface area contributed by atoms with Gasteiger partial charge in [0.2, 0.25) is 5.91 Å². The Morgan fingerprint density at radius 3 is 2.37 bits per heavy atom. The monoisotopic (exact) mass is 380 g/mol. The molecule has 2 N–H and O–H groups in total. The molecule has 146 valence electrons. The summed E-state index contributed by atoms with van der Waals surface area (Å²) < 4.78 is 38.2. The number of carbonyl (C=O) groups excluding carboxylic acids is 1. The van der Waals surface area contributed by atoms with E-state index < -0.39 is 11.7 Å². The highest BCUT2D eigenvalue weighted by molar-refractivity contribution is 5.80. The molecule has 0 saturated heterocycles. The van der Waals surface area contributed by atoms with Gasteiger partial charge in [-0.15, -0.1) is 0 Å². The zero-order valence-electron chi connectivity index (χ0n) is 15.5. The van der Waals surface area contributed by atoms with Crippen LogP contribution in [0.2, 0.25) is 0 Å². The maximum absolute atomic E-state index is 12.7. The molecule has 0 atom stereocenters. The Balaban J connectivity index is 2.25. The Labute approximate surface area is 156 Å². The molecule has 0 saturated carbocycles.